The first-order chi connectivity index (χ1) is 13.2. The van der Waals surface area contributed by atoms with E-state index in [-0.39, 0.29) is 0 Å². The molecule has 2 aromatic heterocycles. The number of halogens is 2. The molecule has 0 bridgehead atoms. The third-order valence-electron chi connectivity index (χ3n) is 4.82. The Morgan fingerprint density at radius 3 is 2.52 bits per heavy atom. The van der Waals surface area contributed by atoms with Gasteiger partial charge >= 0.3 is 0 Å². The molecular formula is C20H21Cl2N5. The minimum Gasteiger partial charge on any atom is -0.339 e. The summed E-state index contributed by atoms with van der Waals surface area (Å²) in [6, 6.07) is 9.32. The summed E-state index contributed by atoms with van der Waals surface area (Å²) in [4.78, 5) is 4.50. The second-order valence-electron chi connectivity index (χ2n) is 6.80. The van der Waals surface area contributed by atoms with Crippen molar-refractivity contribution in [2.24, 2.45) is 0 Å². The molecule has 0 fully saturated rings. The number of fused-ring (bicyclic) bond motifs is 1. The SMILES string of the molecule is Clc1ccc(Nc2ncc(-c3nnc4n3CCCCCCC4)cc2Cl)cc1. The van der Waals surface area contributed by atoms with Crippen molar-refractivity contribution in [1.82, 2.24) is 19.7 Å². The molecule has 0 atom stereocenters. The monoisotopic (exact) mass is 401 g/mol. The van der Waals surface area contributed by atoms with Crippen molar-refractivity contribution in [1.29, 1.82) is 0 Å². The van der Waals surface area contributed by atoms with E-state index in [4.69, 9.17) is 23.2 Å². The number of aryl methyl sites for hydroxylation is 1. The molecule has 1 aliphatic rings. The van der Waals surface area contributed by atoms with Gasteiger partial charge in [-0.25, -0.2) is 4.98 Å². The summed E-state index contributed by atoms with van der Waals surface area (Å²) in [5.74, 6) is 2.51. The summed E-state index contributed by atoms with van der Waals surface area (Å²) >= 11 is 12.4. The van der Waals surface area contributed by atoms with Crippen LogP contribution in [0.1, 0.15) is 37.9 Å². The van der Waals surface area contributed by atoms with Gasteiger partial charge in [-0.05, 0) is 43.2 Å². The molecule has 0 radical (unpaired) electrons. The van der Waals surface area contributed by atoms with Crippen LogP contribution in [0.4, 0.5) is 11.5 Å². The van der Waals surface area contributed by atoms with E-state index in [0.717, 1.165) is 42.3 Å². The van der Waals surface area contributed by atoms with E-state index in [1.165, 1.54) is 25.7 Å². The van der Waals surface area contributed by atoms with E-state index in [9.17, 15) is 0 Å². The molecule has 27 heavy (non-hydrogen) atoms. The van der Waals surface area contributed by atoms with Gasteiger partial charge in [-0.1, -0.05) is 42.5 Å². The summed E-state index contributed by atoms with van der Waals surface area (Å²) in [6.45, 7) is 0.945. The average Bonchev–Trinajstić information content (AvgIpc) is 3.10. The lowest BCUT2D eigenvalue weighted by Gasteiger charge is -2.11. The van der Waals surface area contributed by atoms with Gasteiger partial charge in [-0.2, -0.15) is 0 Å². The molecule has 0 saturated heterocycles. The van der Waals surface area contributed by atoms with Gasteiger partial charge in [0.2, 0.25) is 0 Å². The largest absolute Gasteiger partial charge is 0.339 e. The van der Waals surface area contributed by atoms with Crippen molar-refractivity contribution >= 4 is 34.7 Å². The van der Waals surface area contributed by atoms with Gasteiger partial charge in [0.25, 0.3) is 0 Å². The zero-order valence-corrected chi connectivity index (χ0v) is 16.5. The fourth-order valence-corrected chi connectivity index (χ4v) is 3.71. The molecule has 7 heteroatoms. The number of benzene rings is 1. The Balaban J connectivity index is 1.60. The van der Waals surface area contributed by atoms with Crippen molar-refractivity contribution < 1.29 is 0 Å². The number of nitrogens with one attached hydrogen (secondary N) is 1. The summed E-state index contributed by atoms with van der Waals surface area (Å²) in [5.41, 5.74) is 1.77. The maximum Gasteiger partial charge on any atom is 0.165 e. The number of rotatable bonds is 3. The minimum atomic E-state index is 0.544. The molecule has 1 N–H and O–H groups in total. The molecule has 3 aromatic rings. The van der Waals surface area contributed by atoms with E-state index in [0.29, 0.717) is 15.9 Å². The van der Waals surface area contributed by atoms with E-state index < -0.39 is 0 Å². The Morgan fingerprint density at radius 1 is 0.926 bits per heavy atom. The molecular weight excluding hydrogens is 381 g/mol. The van der Waals surface area contributed by atoms with E-state index in [1.807, 2.05) is 30.3 Å². The molecule has 4 rings (SSSR count). The lowest BCUT2D eigenvalue weighted by Crippen LogP contribution is -2.05. The van der Waals surface area contributed by atoms with Gasteiger partial charge in [-0.15, -0.1) is 10.2 Å². The highest BCUT2D eigenvalue weighted by Crippen LogP contribution is 2.29. The van der Waals surface area contributed by atoms with Gasteiger partial charge in [0.15, 0.2) is 5.82 Å². The quantitative estimate of drug-likeness (QED) is 0.593. The second-order valence-corrected chi connectivity index (χ2v) is 7.64. The Labute approximate surface area is 168 Å². The summed E-state index contributed by atoms with van der Waals surface area (Å²) in [6.07, 6.45) is 8.90. The van der Waals surface area contributed by atoms with Crippen LogP contribution in [0.3, 0.4) is 0 Å². The molecule has 140 valence electrons. The predicted octanol–water partition coefficient (Wildman–Crippen LogP) is 5.90. The van der Waals surface area contributed by atoms with E-state index in [2.05, 4.69) is 25.1 Å². The Bertz CT molecular complexity index is 921. The van der Waals surface area contributed by atoms with Crippen LogP contribution in [0.2, 0.25) is 10.0 Å². The average molecular weight is 402 g/mol. The molecule has 5 nitrogen and oxygen atoms in total. The minimum absolute atomic E-state index is 0.544. The van der Waals surface area contributed by atoms with Crippen molar-refractivity contribution in [3.8, 4) is 11.4 Å². The Hall–Kier alpha value is -2.11. The normalized spacial score (nSPS) is 14.7. The van der Waals surface area contributed by atoms with E-state index >= 15 is 0 Å². The van der Waals surface area contributed by atoms with Gasteiger partial charge in [0.05, 0.1) is 5.02 Å². The maximum absolute atomic E-state index is 6.49. The highest BCUT2D eigenvalue weighted by Gasteiger charge is 2.16. The lowest BCUT2D eigenvalue weighted by atomic mass is 10.1. The molecule has 0 aliphatic carbocycles. The third kappa shape index (κ3) is 4.25. The summed E-state index contributed by atoms with van der Waals surface area (Å²) in [5, 5.41) is 13.3. The maximum atomic E-state index is 6.49. The summed E-state index contributed by atoms with van der Waals surface area (Å²) < 4.78 is 2.23. The van der Waals surface area contributed by atoms with Crippen LogP contribution < -0.4 is 5.32 Å². The van der Waals surface area contributed by atoms with Gasteiger partial charge in [0, 0.05) is 35.4 Å². The molecule has 0 unspecified atom stereocenters. The van der Waals surface area contributed by atoms with Crippen molar-refractivity contribution in [3.63, 3.8) is 0 Å². The van der Waals surface area contributed by atoms with Crippen LogP contribution in [-0.4, -0.2) is 19.7 Å². The van der Waals surface area contributed by atoms with Gasteiger partial charge in [0.1, 0.15) is 11.6 Å². The zero-order valence-electron chi connectivity index (χ0n) is 15.0. The molecule has 0 spiro atoms. The highest BCUT2D eigenvalue weighted by atomic mass is 35.5. The van der Waals surface area contributed by atoms with Crippen molar-refractivity contribution in [2.45, 2.75) is 45.1 Å². The van der Waals surface area contributed by atoms with E-state index in [1.54, 1.807) is 6.20 Å². The topological polar surface area (TPSA) is 55.6 Å². The molecule has 1 aliphatic heterocycles. The third-order valence-corrected chi connectivity index (χ3v) is 5.36. The number of aromatic nitrogens is 4. The van der Waals surface area contributed by atoms with Crippen LogP contribution in [0.25, 0.3) is 11.4 Å². The number of hydrogen-bond acceptors (Lipinski definition) is 4. The highest BCUT2D eigenvalue weighted by molar-refractivity contribution is 6.33. The van der Waals surface area contributed by atoms with Crippen LogP contribution >= 0.6 is 23.2 Å². The molecule has 1 aromatic carbocycles. The number of pyridine rings is 1. The predicted molar refractivity (Wildman–Crippen MR) is 110 cm³/mol. The first-order valence-corrected chi connectivity index (χ1v) is 10.1. The first kappa shape index (κ1) is 18.3. The van der Waals surface area contributed by atoms with Crippen molar-refractivity contribution in [3.05, 3.63) is 52.4 Å². The molecule has 3 heterocycles. The fourth-order valence-electron chi connectivity index (χ4n) is 3.37. The lowest BCUT2D eigenvalue weighted by molar-refractivity contribution is 0.587. The smallest absolute Gasteiger partial charge is 0.165 e. The number of hydrogen-bond donors (Lipinski definition) is 1. The zero-order chi connectivity index (χ0) is 18.6. The Kier molecular flexibility index (Phi) is 5.60. The number of nitrogens with zero attached hydrogens (tertiary/aromatic N) is 4. The summed E-state index contributed by atoms with van der Waals surface area (Å²) in [7, 11) is 0. The van der Waals surface area contributed by atoms with Crippen LogP contribution in [0.15, 0.2) is 36.5 Å². The molecule has 0 saturated carbocycles. The molecule has 0 amide bonds. The van der Waals surface area contributed by atoms with Crippen LogP contribution in [-0.2, 0) is 13.0 Å². The first-order valence-electron chi connectivity index (χ1n) is 9.31. The number of anilines is 2. The fraction of sp³-hybridized carbons (Fsp3) is 0.350. The van der Waals surface area contributed by atoms with Crippen molar-refractivity contribution in [2.75, 3.05) is 5.32 Å². The van der Waals surface area contributed by atoms with Gasteiger partial charge < -0.3 is 9.88 Å². The standard InChI is InChI=1S/C20H21Cl2N5/c21-15-7-9-16(10-8-15)24-19-17(22)12-14(13-23-19)20-26-25-18-6-4-2-1-3-5-11-27(18)20/h7-10,12-13H,1-6,11H2,(H,23,24). The van der Waals surface area contributed by atoms with Crippen LogP contribution in [0, 0.1) is 0 Å². The van der Waals surface area contributed by atoms with Gasteiger partial charge in [-0.3, -0.25) is 0 Å². The second kappa shape index (κ2) is 8.28. The Morgan fingerprint density at radius 2 is 1.70 bits per heavy atom. The van der Waals surface area contributed by atoms with Crippen LogP contribution in [0.5, 0.6) is 0 Å².